The first-order valence-corrected chi connectivity index (χ1v) is 7.43. The summed E-state index contributed by atoms with van der Waals surface area (Å²) in [6.45, 7) is 4.67. The molecular weight excluding hydrogens is 246 g/mol. The van der Waals surface area contributed by atoms with Crippen molar-refractivity contribution in [1.82, 2.24) is 10.2 Å². The topological polar surface area (TPSA) is 41.3 Å². The highest BCUT2D eigenvalue weighted by atomic mass is 15.2. The van der Waals surface area contributed by atoms with Crippen molar-refractivity contribution in [3.8, 4) is 12.3 Å². The number of terminal acetylenes is 1. The van der Waals surface area contributed by atoms with Gasteiger partial charge in [0.05, 0.1) is 0 Å². The van der Waals surface area contributed by atoms with Gasteiger partial charge < -0.3 is 11.1 Å². The number of nitrogens with zero attached hydrogens (tertiary/aromatic N) is 1. The SMILES string of the molecule is C#CCCNC1(CN)CCCN(Cc2ccccc2)C1. The normalized spacial score (nSPS) is 23.4. The highest BCUT2D eigenvalue weighted by Gasteiger charge is 2.33. The molecule has 20 heavy (non-hydrogen) atoms. The highest BCUT2D eigenvalue weighted by Crippen LogP contribution is 2.22. The number of rotatable bonds is 6. The molecule has 0 spiro atoms. The highest BCUT2D eigenvalue weighted by molar-refractivity contribution is 5.15. The van der Waals surface area contributed by atoms with Gasteiger partial charge in [0, 0.05) is 38.1 Å². The van der Waals surface area contributed by atoms with Gasteiger partial charge in [-0.25, -0.2) is 0 Å². The van der Waals surface area contributed by atoms with Crippen LogP contribution in [0.2, 0.25) is 0 Å². The molecule has 1 aromatic rings. The van der Waals surface area contributed by atoms with E-state index in [2.05, 4.69) is 46.5 Å². The third-order valence-corrected chi connectivity index (χ3v) is 4.07. The number of nitrogens with one attached hydrogen (secondary N) is 1. The van der Waals surface area contributed by atoms with Crippen molar-refractivity contribution in [1.29, 1.82) is 0 Å². The maximum atomic E-state index is 6.04. The van der Waals surface area contributed by atoms with E-state index in [1.807, 2.05) is 0 Å². The molecule has 3 nitrogen and oxygen atoms in total. The first kappa shape index (κ1) is 15.1. The van der Waals surface area contributed by atoms with Crippen LogP contribution in [0.15, 0.2) is 30.3 Å². The summed E-state index contributed by atoms with van der Waals surface area (Å²) in [6.07, 6.45) is 8.42. The van der Waals surface area contributed by atoms with E-state index in [1.54, 1.807) is 0 Å². The molecular formula is C17H25N3. The lowest BCUT2D eigenvalue weighted by Gasteiger charge is -2.43. The quantitative estimate of drug-likeness (QED) is 0.610. The van der Waals surface area contributed by atoms with Crippen molar-refractivity contribution >= 4 is 0 Å². The average molecular weight is 271 g/mol. The van der Waals surface area contributed by atoms with Crippen LogP contribution in [0.5, 0.6) is 0 Å². The predicted octanol–water partition coefficient (Wildman–Crippen LogP) is 1.59. The fourth-order valence-electron chi connectivity index (χ4n) is 2.99. The first-order chi connectivity index (χ1) is 9.78. The van der Waals surface area contributed by atoms with E-state index in [0.29, 0.717) is 6.54 Å². The summed E-state index contributed by atoms with van der Waals surface area (Å²) in [4.78, 5) is 2.49. The minimum Gasteiger partial charge on any atom is -0.329 e. The zero-order valence-electron chi connectivity index (χ0n) is 12.1. The van der Waals surface area contributed by atoms with Crippen LogP contribution in [0.1, 0.15) is 24.8 Å². The minimum atomic E-state index is 0.0316. The van der Waals surface area contributed by atoms with E-state index in [-0.39, 0.29) is 5.54 Å². The van der Waals surface area contributed by atoms with Gasteiger partial charge >= 0.3 is 0 Å². The zero-order valence-corrected chi connectivity index (χ0v) is 12.1. The summed E-state index contributed by atoms with van der Waals surface area (Å²) in [7, 11) is 0. The summed E-state index contributed by atoms with van der Waals surface area (Å²) >= 11 is 0. The van der Waals surface area contributed by atoms with Gasteiger partial charge in [-0.1, -0.05) is 30.3 Å². The minimum absolute atomic E-state index is 0.0316. The molecule has 0 bridgehead atoms. The van der Waals surface area contributed by atoms with Crippen LogP contribution in [0.3, 0.4) is 0 Å². The summed E-state index contributed by atoms with van der Waals surface area (Å²) in [5, 5.41) is 3.59. The molecule has 0 amide bonds. The van der Waals surface area contributed by atoms with E-state index in [4.69, 9.17) is 12.2 Å². The third kappa shape index (κ3) is 4.08. The van der Waals surface area contributed by atoms with Crippen LogP contribution in [0.4, 0.5) is 0 Å². The lowest BCUT2D eigenvalue weighted by molar-refractivity contribution is 0.120. The van der Waals surface area contributed by atoms with Gasteiger partial charge in [-0.2, -0.15) is 0 Å². The Kier molecular flexibility index (Phi) is 5.60. The first-order valence-electron chi connectivity index (χ1n) is 7.43. The fourth-order valence-corrected chi connectivity index (χ4v) is 2.99. The second kappa shape index (κ2) is 7.44. The summed E-state index contributed by atoms with van der Waals surface area (Å²) in [5.41, 5.74) is 7.43. The average Bonchev–Trinajstić information content (AvgIpc) is 2.49. The molecule has 108 valence electrons. The van der Waals surface area contributed by atoms with E-state index >= 15 is 0 Å². The molecule has 0 aliphatic carbocycles. The summed E-state index contributed by atoms with van der Waals surface area (Å²) in [6, 6.07) is 10.6. The van der Waals surface area contributed by atoms with Crippen molar-refractivity contribution < 1.29 is 0 Å². The Bertz CT molecular complexity index is 437. The van der Waals surface area contributed by atoms with E-state index < -0.39 is 0 Å². The molecule has 2 rings (SSSR count). The molecule has 0 aromatic heterocycles. The second-order valence-corrected chi connectivity index (χ2v) is 5.67. The maximum absolute atomic E-state index is 6.04. The Morgan fingerprint density at radius 3 is 2.85 bits per heavy atom. The number of nitrogens with two attached hydrogens (primary N) is 1. The lowest BCUT2D eigenvalue weighted by Crippen LogP contribution is -2.61. The van der Waals surface area contributed by atoms with Gasteiger partial charge in [-0.05, 0) is 24.9 Å². The molecule has 0 radical (unpaired) electrons. The summed E-state index contributed by atoms with van der Waals surface area (Å²) in [5.74, 6) is 2.68. The van der Waals surface area contributed by atoms with E-state index in [9.17, 15) is 0 Å². The van der Waals surface area contributed by atoms with Gasteiger partial charge in [-0.15, -0.1) is 12.3 Å². The predicted molar refractivity (Wildman–Crippen MR) is 84.2 cm³/mol. The van der Waals surface area contributed by atoms with Crippen molar-refractivity contribution in [2.45, 2.75) is 31.3 Å². The lowest BCUT2D eigenvalue weighted by atomic mass is 9.88. The molecule has 1 aliphatic heterocycles. The molecule has 3 N–H and O–H groups in total. The van der Waals surface area contributed by atoms with Crippen LogP contribution < -0.4 is 11.1 Å². The van der Waals surface area contributed by atoms with Crippen LogP contribution in [-0.2, 0) is 6.54 Å². The van der Waals surface area contributed by atoms with Crippen LogP contribution in [0.25, 0.3) is 0 Å². The number of hydrogen-bond donors (Lipinski definition) is 2. The monoisotopic (exact) mass is 271 g/mol. The molecule has 1 unspecified atom stereocenters. The van der Waals surface area contributed by atoms with Crippen molar-refractivity contribution in [3.63, 3.8) is 0 Å². The van der Waals surface area contributed by atoms with Crippen molar-refractivity contribution in [2.24, 2.45) is 5.73 Å². The standard InChI is InChI=1S/C17H25N3/c1-2-3-11-19-17(14-18)10-7-12-20(15-17)13-16-8-5-4-6-9-16/h1,4-6,8-9,19H,3,7,10-15,18H2. The Balaban J connectivity index is 1.94. The maximum Gasteiger partial charge on any atom is 0.0433 e. The smallest absolute Gasteiger partial charge is 0.0433 e. The number of hydrogen-bond acceptors (Lipinski definition) is 3. The zero-order chi connectivity index (χ0) is 14.3. The van der Waals surface area contributed by atoms with Gasteiger partial charge in [0.2, 0.25) is 0 Å². The third-order valence-electron chi connectivity index (χ3n) is 4.07. The molecule has 3 heteroatoms. The number of likely N-dealkylation sites (tertiary alicyclic amines) is 1. The van der Waals surface area contributed by atoms with Crippen LogP contribution in [-0.4, -0.2) is 36.6 Å². The van der Waals surface area contributed by atoms with Crippen molar-refractivity contribution in [2.75, 3.05) is 26.2 Å². The van der Waals surface area contributed by atoms with E-state index in [1.165, 1.54) is 12.0 Å². The molecule has 1 atom stereocenters. The largest absolute Gasteiger partial charge is 0.329 e. The Morgan fingerprint density at radius 1 is 1.35 bits per heavy atom. The van der Waals surface area contributed by atoms with Crippen molar-refractivity contribution in [3.05, 3.63) is 35.9 Å². The van der Waals surface area contributed by atoms with Gasteiger partial charge in [0.15, 0.2) is 0 Å². The molecule has 1 fully saturated rings. The van der Waals surface area contributed by atoms with Gasteiger partial charge in [0.1, 0.15) is 0 Å². The molecule has 1 saturated heterocycles. The summed E-state index contributed by atoms with van der Waals surface area (Å²) < 4.78 is 0. The second-order valence-electron chi connectivity index (χ2n) is 5.67. The Labute approximate surface area is 122 Å². The molecule has 1 heterocycles. The van der Waals surface area contributed by atoms with E-state index in [0.717, 1.165) is 39.0 Å². The molecule has 1 aromatic carbocycles. The van der Waals surface area contributed by atoms with Gasteiger partial charge in [-0.3, -0.25) is 4.90 Å². The Morgan fingerprint density at radius 2 is 2.15 bits per heavy atom. The fraction of sp³-hybridized carbons (Fsp3) is 0.529. The van der Waals surface area contributed by atoms with Crippen LogP contribution in [0, 0.1) is 12.3 Å². The Hall–Kier alpha value is -1.34. The van der Waals surface area contributed by atoms with Crippen LogP contribution >= 0.6 is 0 Å². The molecule has 0 saturated carbocycles. The van der Waals surface area contributed by atoms with Gasteiger partial charge in [0.25, 0.3) is 0 Å². The number of piperidine rings is 1. The number of benzene rings is 1. The molecule has 1 aliphatic rings.